The van der Waals surface area contributed by atoms with Crippen LogP contribution in [0.15, 0.2) is 12.2 Å². The molecule has 18 atom stereocenters. The number of aliphatic hydroxyl groups is 11. The summed E-state index contributed by atoms with van der Waals surface area (Å²) in [6.07, 6.45) is 14.1. The fraction of sp³-hybridized carbons (Fsp3) is 0.923. The molecule has 0 radical (unpaired) electrons. The van der Waals surface area contributed by atoms with E-state index in [1.165, 1.54) is 141 Å². The Balaban J connectivity index is 1.54. The Morgan fingerprint density at radius 1 is 0.580 bits per heavy atom. The van der Waals surface area contributed by atoms with E-state index in [4.69, 9.17) is 28.4 Å². The first-order chi connectivity index (χ1) is 42.4. The van der Waals surface area contributed by atoms with Crippen molar-refractivity contribution >= 4 is 17.8 Å². The normalized spacial score (nSPS) is 29.0. The van der Waals surface area contributed by atoms with Gasteiger partial charge in [-0.25, -0.2) is 4.79 Å². The third kappa shape index (κ3) is 29.2. The molecule has 0 aromatic carbocycles. The average molecular weight is 1270 g/mol. The summed E-state index contributed by atoms with van der Waals surface area (Å²) in [5, 5.41) is 136. The van der Waals surface area contributed by atoms with E-state index in [0.717, 1.165) is 51.9 Å². The van der Waals surface area contributed by atoms with Gasteiger partial charge >= 0.3 is 5.97 Å². The van der Waals surface area contributed by atoms with Crippen molar-refractivity contribution in [2.24, 2.45) is 0 Å². The summed E-state index contributed by atoms with van der Waals surface area (Å²) in [7, 11) is 0. The highest BCUT2D eigenvalue weighted by atomic mass is 16.8. The number of carbonyl (C=O) groups excluding carboxylic acids is 2. The molecule has 3 aliphatic rings. The number of carboxylic acid groups (broad SMARTS) is 1. The fourth-order valence-electron chi connectivity index (χ4n) is 12.0. The van der Waals surface area contributed by atoms with Crippen LogP contribution in [-0.2, 0) is 42.8 Å². The van der Waals surface area contributed by atoms with Crippen molar-refractivity contribution in [3.05, 3.63) is 12.2 Å². The molecule has 0 bridgehead atoms. The van der Waals surface area contributed by atoms with Gasteiger partial charge in [-0.1, -0.05) is 206 Å². The molecule has 0 aromatic rings. The van der Waals surface area contributed by atoms with Crippen LogP contribution < -0.4 is 10.6 Å². The number of ether oxygens (including phenoxy) is 6. The summed E-state index contributed by atoms with van der Waals surface area (Å²) in [5.74, 6) is -6.14. The Morgan fingerprint density at radius 2 is 1.06 bits per heavy atom. The number of hydrogen-bond acceptors (Lipinski definition) is 20. The molecule has 0 aromatic heterocycles. The van der Waals surface area contributed by atoms with Gasteiger partial charge in [0.05, 0.1) is 50.7 Å². The molecular weight excluding hydrogens is 1140 g/mol. The minimum absolute atomic E-state index is 0.175. The first-order valence-corrected chi connectivity index (χ1v) is 34.0. The van der Waals surface area contributed by atoms with E-state index < -0.39 is 148 Å². The molecule has 23 heteroatoms. The topological polar surface area (TPSA) is 373 Å². The second-order valence-corrected chi connectivity index (χ2v) is 25.0. The molecule has 3 heterocycles. The van der Waals surface area contributed by atoms with E-state index >= 15 is 0 Å². The highest BCUT2D eigenvalue weighted by Crippen LogP contribution is 2.39. The molecule has 3 fully saturated rings. The zero-order chi connectivity index (χ0) is 64.7. The maximum atomic E-state index is 13.3. The zero-order valence-electron chi connectivity index (χ0n) is 53.6. The number of nitrogens with one attached hydrogen (secondary N) is 2. The Kier molecular flexibility index (Phi) is 42.1. The minimum atomic E-state index is -3.08. The number of rotatable bonds is 51. The third-order valence-electron chi connectivity index (χ3n) is 17.5. The number of carboxylic acids is 1. The number of allylic oxidation sites excluding steroid dienone is 2. The van der Waals surface area contributed by atoms with Crippen molar-refractivity contribution in [3.63, 3.8) is 0 Å². The lowest BCUT2D eigenvalue weighted by molar-refractivity contribution is -0.386. The molecule has 3 rings (SSSR count). The van der Waals surface area contributed by atoms with Gasteiger partial charge in [-0.3, -0.25) is 9.59 Å². The van der Waals surface area contributed by atoms with Gasteiger partial charge in [-0.15, -0.1) is 0 Å². The summed E-state index contributed by atoms with van der Waals surface area (Å²) in [6.45, 7) is 2.14. The monoisotopic (exact) mass is 1260 g/mol. The first-order valence-electron chi connectivity index (χ1n) is 34.0. The van der Waals surface area contributed by atoms with Crippen molar-refractivity contribution < 1.29 is 104 Å². The number of aliphatic hydroxyl groups excluding tert-OH is 11. The number of aliphatic carboxylic acids is 1. The smallest absolute Gasteiger partial charge is 0.364 e. The van der Waals surface area contributed by atoms with Crippen LogP contribution in [0.4, 0.5) is 0 Å². The molecule has 0 spiro atoms. The number of unbranched alkanes of at least 4 members (excludes halogenated alkanes) is 29. The molecular formula is C65H120N2O21. The second kappa shape index (κ2) is 46.5. The molecule has 3 aliphatic heterocycles. The molecule has 3 saturated heterocycles. The Morgan fingerprint density at radius 3 is 1.53 bits per heavy atom. The summed E-state index contributed by atoms with van der Waals surface area (Å²) in [5.41, 5.74) is 0. The number of carbonyl (C=O) groups is 3. The lowest BCUT2D eigenvalue weighted by Gasteiger charge is -2.50. The van der Waals surface area contributed by atoms with Crippen LogP contribution in [0.3, 0.4) is 0 Å². The Hall–Kier alpha value is -2.53. The van der Waals surface area contributed by atoms with Crippen molar-refractivity contribution in [1.82, 2.24) is 10.6 Å². The van der Waals surface area contributed by atoms with Crippen LogP contribution in [0, 0.1) is 0 Å². The molecule has 0 saturated carbocycles. The first kappa shape index (κ1) is 79.7. The summed E-state index contributed by atoms with van der Waals surface area (Å²) in [4.78, 5) is 38.4. The van der Waals surface area contributed by atoms with Crippen LogP contribution in [-0.4, -0.2) is 215 Å². The van der Waals surface area contributed by atoms with Gasteiger partial charge in [0.15, 0.2) is 12.6 Å². The maximum Gasteiger partial charge on any atom is 0.364 e. The molecule has 14 N–H and O–H groups in total. The van der Waals surface area contributed by atoms with Gasteiger partial charge in [0.25, 0.3) is 5.79 Å². The average Bonchev–Trinajstić information content (AvgIpc) is 1.18. The standard InChI is InChI=1S/C65H120N2O21/c1-4-6-8-10-12-14-15-16-17-18-19-20-21-22-23-24-25-26-27-28-29-31-32-34-36-38-47(72)46(67-52(75)39-37-35-33-30-13-11-9-7-5-2)44-83-62-57(79)56(78)59(51(43-70)85-62)86-63-58(80)61(55(77)50(42-69)84-63)88-65(64(81)82)40-48(73)53(66-45(3)71)60(87-65)54(76)49(74)41-68/h30,33,46-51,53-63,68-70,72-74,76-80H,4-29,31-32,34-44H2,1-3H3,(H,66,71)(H,67,75)(H,81,82)/b33-30-. The Bertz CT molecular complexity index is 1840. The third-order valence-corrected chi connectivity index (χ3v) is 17.5. The molecule has 516 valence electrons. The predicted octanol–water partition coefficient (Wildman–Crippen LogP) is 5.51. The fourth-order valence-corrected chi connectivity index (χ4v) is 12.0. The quantitative estimate of drug-likeness (QED) is 0.0264. The largest absolute Gasteiger partial charge is 0.477 e. The number of hydrogen-bond donors (Lipinski definition) is 14. The highest BCUT2D eigenvalue weighted by molar-refractivity contribution is 5.77. The van der Waals surface area contributed by atoms with Gasteiger partial charge in [-0.2, -0.15) is 0 Å². The molecule has 23 nitrogen and oxygen atoms in total. The van der Waals surface area contributed by atoms with Gasteiger partial charge in [0, 0.05) is 19.8 Å². The summed E-state index contributed by atoms with van der Waals surface area (Å²) < 4.78 is 34.7. The van der Waals surface area contributed by atoms with Gasteiger partial charge in [0.2, 0.25) is 11.8 Å². The minimum Gasteiger partial charge on any atom is -0.477 e. The highest BCUT2D eigenvalue weighted by Gasteiger charge is 2.60. The molecule has 88 heavy (non-hydrogen) atoms. The van der Waals surface area contributed by atoms with E-state index in [1.807, 2.05) is 0 Å². The summed E-state index contributed by atoms with van der Waals surface area (Å²) in [6, 6.07) is -2.54. The van der Waals surface area contributed by atoms with Crippen LogP contribution in [0.1, 0.15) is 245 Å². The van der Waals surface area contributed by atoms with Crippen molar-refractivity contribution in [2.75, 3.05) is 26.4 Å². The zero-order valence-corrected chi connectivity index (χ0v) is 53.6. The second-order valence-electron chi connectivity index (χ2n) is 25.0. The molecule has 2 amide bonds. The SMILES string of the molecule is CCCCCC/C=C\CCCC(=O)NC(COC1OC(CO)C(OC2OC(CO)C(O)C(OC3(C(=O)O)CC(O)C(NC(C)=O)C(C(O)C(O)CO)O3)C2O)C(O)C1O)C(O)CCCCCCCCCCCCCCCCCCCCCCCCCCC. The van der Waals surface area contributed by atoms with Crippen molar-refractivity contribution in [2.45, 2.75) is 355 Å². The van der Waals surface area contributed by atoms with Crippen LogP contribution in [0.25, 0.3) is 0 Å². The summed E-state index contributed by atoms with van der Waals surface area (Å²) >= 11 is 0. The van der Waals surface area contributed by atoms with Crippen LogP contribution >= 0.6 is 0 Å². The number of amides is 2. The van der Waals surface area contributed by atoms with Crippen LogP contribution in [0.5, 0.6) is 0 Å². The molecule has 0 aliphatic carbocycles. The van der Waals surface area contributed by atoms with E-state index in [9.17, 15) is 75.7 Å². The molecule has 18 unspecified atom stereocenters. The Labute approximate surface area is 524 Å². The maximum absolute atomic E-state index is 13.3. The van der Waals surface area contributed by atoms with Crippen LogP contribution in [0.2, 0.25) is 0 Å². The van der Waals surface area contributed by atoms with Gasteiger partial charge in [-0.05, 0) is 32.1 Å². The van der Waals surface area contributed by atoms with Crippen molar-refractivity contribution in [1.29, 1.82) is 0 Å². The van der Waals surface area contributed by atoms with E-state index in [1.54, 1.807) is 0 Å². The van der Waals surface area contributed by atoms with E-state index in [-0.39, 0.29) is 18.9 Å². The lowest BCUT2D eigenvalue weighted by Crippen LogP contribution is -2.70. The predicted molar refractivity (Wildman–Crippen MR) is 329 cm³/mol. The van der Waals surface area contributed by atoms with Gasteiger partial charge in [0.1, 0.15) is 67.1 Å². The van der Waals surface area contributed by atoms with E-state index in [2.05, 4.69) is 36.6 Å². The van der Waals surface area contributed by atoms with E-state index in [0.29, 0.717) is 25.7 Å². The van der Waals surface area contributed by atoms with Gasteiger partial charge < -0.3 is 100 Å². The van der Waals surface area contributed by atoms with Crippen molar-refractivity contribution in [3.8, 4) is 0 Å². The lowest BCUT2D eigenvalue weighted by atomic mass is 9.88.